The molecule has 1 fully saturated rings. The molecule has 3 heteroatoms. The van der Waals surface area contributed by atoms with Crippen LogP contribution in [0.5, 0.6) is 5.75 Å². The molecule has 0 saturated heterocycles. The number of hydrogen-bond acceptors (Lipinski definition) is 3. The first-order valence-electron chi connectivity index (χ1n) is 6.09. The van der Waals surface area contributed by atoms with Crippen molar-refractivity contribution in [3.8, 4) is 5.75 Å². The molecule has 94 valence electrons. The van der Waals surface area contributed by atoms with E-state index in [9.17, 15) is 5.11 Å². The Hall–Kier alpha value is -1.06. The molecule has 0 bridgehead atoms. The second kappa shape index (κ2) is 4.67. The number of methoxy groups -OCH3 is 1. The van der Waals surface area contributed by atoms with Gasteiger partial charge in [-0.15, -0.1) is 0 Å². The van der Waals surface area contributed by atoms with Crippen molar-refractivity contribution in [3.63, 3.8) is 0 Å². The van der Waals surface area contributed by atoms with Crippen LogP contribution < -0.4 is 10.1 Å². The van der Waals surface area contributed by atoms with Crippen LogP contribution in [-0.4, -0.2) is 24.4 Å². The van der Waals surface area contributed by atoms with Crippen molar-refractivity contribution in [3.05, 3.63) is 29.8 Å². The Morgan fingerprint density at radius 2 is 2.12 bits per heavy atom. The first-order chi connectivity index (χ1) is 8.05. The molecule has 1 aromatic rings. The summed E-state index contributed by atoms with van der Waals surface area (Å²) in [4.78, 5) is 0. The largest absolute Gasteiger partial charge is 0.496 e. The molecule has 0 aromatic heterocycles. The lowest BCUT2D eigenvalue weighted by Gasteiger charge is -2.49. The van der Waals surface area contributed by atoms with Gasteiger partial charge in [0, 0.05) is 23.6 Å². The average Bonchev–Trinajstić information content (AvgIpc) is 2.34. The zero-order chi connectivity index (χ0) is 12.5. The van der Waals surface area contributed by atoms with Crippen LogP contribution in [0.1, 0.15) is 25.8 Å². The fourth-order valence-electron chi connectivity index (χ4n) is 2.33. The summed E-state index contributed by atoms with van der Waals surface area (Å²) in [7, 11) is 1.69. The van der Waals surface area contributed by atoms with Gasteiger partial charge in [-0.2, -0.15) is 0 Å². The van der Waals surface area contributed by atoms with Gasteiger partial charge < -0.3 is 15.2 Å². The van der Waals surface area contributed by atoms with Gasteiger partial charge in [-0.3, -0.25) is 0 Å². The van der Waals surface area contributed by atoms with Gasteiger partial charge in [-0.1, -0.05) is 32.0 Å². The highest BCUT2D eigenvalue weighted by Crippen LogP contribution is 2.40. The fraction of sp³-hybridized carbons (Fsp3) is 0.571. The van der Waals surface area contributed by atoms with Gasteiger partial charge in [0.25, 0.3) is 0 Å². The maximum atomic E-state index is 9.68. The fourth-order valence-corrected chi connectivity index (χ4v) is 2.33. The third-order valence-electron chi connectivity index (χ3n) is 3.95. The molecule has 2 atom stereocenters. The molecule has 1 saturated carbocycles. The maximum Gasteiger partial charge on any atom is 0.123 e. The smallest absolute Gasteiger partial charge is 0.123 e. The number of hydrogen-bond donors (Lipinski definition) is 2. The summed E-state index contributed by atoms with van der Waals surface area (Å²) in [5.74, 6) is 0.915. The molecule has 2 N–H and O–H groups in total. The Kier molecular flexibility index (Phi) is 3.40. The second-order valence-corrected chi connectivity index (χ2v) is 5.32. The van der Waals surface area contributed by atoms with Gasteiger partial charge in [-0.05, 0) is 12.5 Å². The first-order valence-corrected chi connectivity index (χ1v) is 6.09. The van der Waals surface area contributed by atoms with E-state index in [0.29, 0.717) is 6.04 Å². The van der Waals surface area contributed by atoms with Crippen LogP contribution in [0.25, 0.3) is 0 Å². The lowest BCUT2D eigenvalue weighted by molar-refractivity contribution is -0.0730. The number of benzene rings is 1. The predicted molar refractivity (Wildman–Crippen MR) is 68.0 cm³/mol. The monoisotopic (exact) mass is 235 g/mol. The summed E-state index contributed by atoms with van der Waals surface area (Å²) in [6.07, 6.45) is 0.653. The summed E-state index contributed by atoms with van der Waals surface area (Å²) < 4.78 is 5.31. The van der Waals surface area contributed by atoms with Crippen molar-refractivity contribution in [2.75, 3.05) is 7.11 Å². The Bertz CT molecular complexity index is 390. The molecule has 2 rings (SSSR count). The molecule has 0 amide bonds. The van der Waals surface area contributed by atoms with Crippen LogP contribution in [-0.2, 0) is 6.54 Å². The number of nitrogens with one attached hydrogen (secondary N) is 1. The molecular weight excluding hydrogens is 214 g/mol. The van der Waals surface area contributed by atoms with E-state index >= 15 is 0 Å². The van der Waals surface area contributed by atoms with Crippen molar-refractivity contribution in [2.24, 2.45) is 5.41 Å². The minimum Gasteiger partial charge on any atom is -0.496 e. The van der Waals surface area contributed by atoms with Gasteiger partial charge in [0.1, 0.15) is 5.75 Å². The normalized spacial score (nSPS) is 26.4. The van der Waals surface area contributed by atoms with E-state index in [1.807, 2.05) is 18.2 Å². The van der Waals surface area contributed by atoms with Crippen molar-refractivity contribution in [2.45, 2.75) is 39.0 Å². The molecule has 1 aliphatic carbocycles. The van der Waals surface area contributed by atoms with Crippen LogP contribution in [0.4, 0.5) is 0 Å². The number of ether oxygens (including phenoxy) is 1. The summed E-state index contributed by atoms with van der Waals surface area (Å²) >= 11 is 0. The van der Waals surface area contributed by atoms with E-state index in [1.165, 1.54) is 0 Å². The second-order valence-electron chi connectivity index (χ2n) is 5.32. The van der Waals surface area contributed by atoms with Gasteiger partial charge in [0.05, 0.1) is 13.2 Å². The molecule has 1 aromatic carbocycles. The van der Waals surface area contributed by atoms with Crippen molar-refractivity contribution >= 4 is 0 Å². The Balaban J connectivity index is 1.95. The Labute approximate surface area is 103 Å². The standard InChI is InChI=1S/C14H21NO2/c1-14(2)12(8-13(14)16)15-9-10-6-4-5-7-11(10)17-3/h4-7,12-13,15-16H,8-9H2,1-3H3. The summed E-state index contributed by atoms with van der Waals surface area (Å²) in [5, 5.41) is 13.2. The molecule has 0 aliphatic heterocycles. The third kappa shape index (κ3) is 2.31. The van der Waals surface area contributed by atoms with Gasteiger partial charge in [-0.25, -0.2) is 0 Å². The molecule has 0 spiro atoms. The van der Waals surface area contributed by atoms with E-state index in [-0.39, 0.29) is 11.5 Å². The summed E-state index contributed by atoms with van der Waals surface area (Å²) in [5.41, 5.74) is 1.13. The minimum atomic E-state index is -0.183. The molecular formula is C14H21NO2. The molecule has 3 nitrogen and oxygen atoms in total. The lowest BCUT2D eigenvalue weighted by Crippen LogP contribution is -2.59. The van der Waals surface area contributed by atoms with E-state index < -0.39 is 0 Å². The number of aliphatic hydroxyl groups excluding tert-OH is 1. The SMILES string of the molecule is COc1ccccc1CNC1CC(O)C1(C)C. The third-order valence-corrected chi connectivity index (χ3v) is 3.95. The van der Waals surface area contributed by atoms with Crippen LogP contribution in [0, 0.1) is 5.41 Å². The molecule has 0 heterocycles. The van der Waals surface area contributed by atoms with Crippen LogP contribution in [0.2, 0.25) is 0 Å². The Morgan fingerprint density at radius 1 is 1.41 bits per heavy atom. The first kappa shape index (κ1) is 12.4. The molecule has 0 radical (unpaired) electrons. The Morgan fingerprint density at radius 3 is 2.71 bits per heavy atom. The van der Waals surface area contributed by atoms with Crippen LogP contribution in [0.15, 0.2) is 24.3 Å². The predicted octanol–water partition coefficient (Wildman–Crippen LogP) is 1.94. The number of para-hydroxylation sites is 1. The van der Waals surface area contributed by atoms with E-state index in [1.54, 1.807) is 7.11 Å². The van der Waals surface area contributed by atoms with E-state index in [2.05, 4.69) is 25.2 Å². The number of aliphatic hydroxyl groups is 1. The van der Waals surface area contributed by atoms with E-state index in [4.69, 9.17) is 4.74 Å². The number of rotatable bonds is 4. The van der Waals surface area contributed by atoms with Gasteiger partial charge >= 0.3 is 0 Å². The van der Waals surface area contributed by atoms with Crippen molar-refractivity contribution < 1.29 is 9.84 Å². The van der Waals surface area contributed by atoms with Crippen LogP contribution >= 0.6 is 0 Å². The van der Waals surface area contributed by atoms with E-state index in [0.717, 1.165) is 24.3 Å². The highest BCUT2D eigenvalue weighted by molar-refractivity contribution is 5.33. The summed E-state index contributed by atoms with van der Waals surface area (Å²) in [6.45, 7) is 4.98. The quantitative estimate of drug-likeness (QED) is 0.838. The lowest BCUT2D eigenvalue weighted by atomic mass is 9.64. The highest BCUT2D eigenvalue weighted by Gasteiger charge is 2.46. The summed E-state index contributed by atoms with van der Waals surface area (Å²) in [6, 6.07) is 8.40. The molecule has 17 heavy (non-hydrogen) atoms. The van der Waals surface area contributed by atoms with Gasteiger partial charge in [0.2, 0.25) is 0 Å². The molecule has 1 aliphatic rings. The average molecular weight is 235 g/mol. The van der Waals surface area contributed by atoms with Crippen molar-refractivity contribution in [1.29, 1.82) is 0 Å². The zero-order valence-corrected chi connectivity index (χ0v) is 10.7. The zero-order valence-electron chi connectivity index (χ0n) is 10.7. The topological polar surface area (TPSA) is 41.5 Å². The van der Waals surface area contributed by atoms with Gasteiger partial charge in [0.15, 0.2) is 0 Å². The molecule has 2 unspecified atom stereocenters. The van der Waals surface area contributed by atoms with Crippen LogP contribution in [0.3, 0.4) is 0 Å². The minimum absolute atomic E-state index is 0.0258. The van der Waals surface area contributed by atoms with Crippen molar-refractivity contribution in [1.82, 2.24) is 5.32 Å². The highest BCUT2D eigenvalue weighted by atomic mass is 16.5. The maximum absolute atomic E-state index is 9.68.